The number of halogens is 1. The maximum absolute atomic E-state index is 9.46. The standard InChI is InChI=1S/C12H13BrO3/c1-2-7-15-8-11(14)9-16-12-5-3-10(13)4-6-12/h1,3-6,11,14H,7-9H2/t11-/m0/s1. The molecule has 0 aromatic heterocycles. The third-order valence-corrected chi connectivity index (χ3v) is 2.28. The van der Waals surface area contributed by atoms with E-state index in [1.165, 1.54) is 0 Å². The molecule has 1 aromatic rings. The molecule has 0 aliphatic rings. The molecule has 0 saturated heterocycles. The largest absolute Gasteiger partial charge is 0.491 e. The maximum Gasteiger partial charge on any atom is 0.119 e. The molecule has 4 heteroatoms. The molecule has 1 aromatic carbocycles. The summed E-state index contributed by atoms with van der Waals surface area (Å²) in [6, 6.07) is 7.38. The Morgan fingerprint density at radius 3 is 2.62 bits per heavy atom. The lowest BCUT2D eigenvalue weighted by Crippen LogP contribution is -2.23. The number of ether oxygens (including phenoxy) is 2. The van der Waals surface area contributed by atoms with Crippen molar-refractivity contribution in [2.75, 3.05) is 19.8 Å². The zero-order valence-corrected chi connectivity index (χ0v) is 10.3. The molecular weight excluding hydrogens is 272 g/mol. The van der Waals surface area contributed by atoms with Crippen LogP contribution < -0.4 is 4.74 Å². The van der Waals surface area contributed by atoms with Gasteiger partial charge in [0.1, 0.15) is 25.1 Å². The van der Waals surface area contributed by atoms with Gasteiger partial charge in [0.15, 0.2) is 0 Å². The maximum atomic E-state index is 9.46. The molecule has 0 amide bonds. The molecule has 1 N–H and O–H groups in total. The first kappa shape index (κ1) is 13.0. The lowest BCUT2D eigenvalue weighted by Gasteiger charge is -2.11. The van der Waals surface area contributed by atoms with Crippen molar-refractivity contribution in [2.45, 2.75) is 6.10 Å². The van der Waals surface area contributed by atoms with Crippen LogP contribution in [0.1, 0.15) is 0 Å². The van der Waals surface area contributed by atoms with Crippen LogP contribution in [0.5, 0.6) is 5.75 Å². The van der Waals surface area contributed by atoms with Gasteiger partial charge in [-0.1, -0.05) is 21.9 Å². The van der Waals surface area contributed by atoms with Crippen LogP contribution in [0.15, 0.2) is 28.7 Å². The minimum atomic E-state index is -0.669. The van der Waals surface area contributed by atoms with Crippen molar-refractivity contribution < 1.29 is 14.6 Å². The van der Waals surface area contributed by atoms with Crippen molar-refractivity contribution >= 4 is 15.9 Å². The first-order valence-corrected chi connectivity index (χ1v) is 5.59. The summed E-state index contributed by atoms with van der Waals surface area (Å²) in [5.74, 6) is 3.03. The average molecular weight is 285 g/mol. The van der Waals surface area contributed by atoms with Crippen molar-refractivity contribution in [3.05, 3.63) is 28.7 Å². The Morgan fingerprint density at radius 2 is 2.00 bits per heavy atom. The molecule has 0 heterocycles. The van der Waals surface area contributed by atoms with E-state index >= 15 is 0 Å². The summed E-state index contributed by atoms with van der Waals surface area (Å²) >= 11 is 3.32. The van der Waals surface area contributed by atoms with Gasteiger partial charge in [0.2, 0.25) is 0 Å². The van der Waals surface area contributed by atoms with Crippen molar-refractivity contribution in [3.63, 3.8) is 0 Å². The normalized spacial score (nSPS) is 11.8. The van der Waals surface area contributed by atoms with Crippen LogP contribution in [0.25, 0.3) is 0 Å². The van der Waals surface area contributed by atoms with E-state index in [-0.39, 0.29) is 19.8 Å². The minimum absolute atomic E-state index is 0.181. The SMILES string of the molecule is C#CCOC[C@H](O)COc1ccc(Br)cc1. The van der Waals surface area contributed by atoms with Crippen molar-refractivity contribution in [2.24, 2.45) is 0 Å². The van der Waals surface area contributed by atoms with Gasteiger partial charge in [-0.2, -0.15) is 0 Å². The summed E-state index contributed by atoms with van der Waals surface area (Å²) in [6.07, 6.45) is 4.33. The number of hydrogen-bond donors (Lipinski definition) is 1. The molecule has 1 rings (SSSR count). The molecule has 0 spiro atoms. The third kappa shape index (κ3) is 5.17. The Balaban J connectivity index is 2.23. The topological polar surface area (TPSA) is 38.7 Å². The third-order valence-electron chi connectivity index (χ3n) is 1.75. The molecule has 0 aliphatic carbocycles. The lowest BCUT2D eigenvalue weighted by molar-refractivity contribution is 0.0229. The second-order valence-electron chi connectivity index (χ2n) is 3.14. The fraction of sp³-hybridized carbons (Fsp3) is 0.333. The highest BCUT2D eigenvalue weighted by Crippen LogP contribution is 2.16. The van der Waals surface area contributed by atoms with Gasteiger partial charge in [-0.25, -0.2) is 0 Å². The average Bonchev–Trinajstić information content (AvgIpc) is 2.29. The van der Waals surface area contributed by atoms with Crippen LogP contribution in [0.2, 0.25) is 0 Å². The highest BCUT2D eigenvalue weighted by molar-refractivity contribution is 9.10. The van der Waals surface area contributed by atoms with E-state index in [1.807, 2.05) is 24.3 Å². The van der Waals surface area contributed by atoms with Crippen LogP contribution in [0, 0.1) is 12.3 Å². The fourth-order valence-corrected chi connectivity index (χ4v) is 1.29. The molecule has 0 bridgehead atoms. The van der Waals surface area contributed by atoms with E-state index in [0.29, 0.717) is 5.75 Å². The van der Waals surface area contributed by atoms with Gasteiger partial charge in [-0.3, -0.25) is 0 Å². The van der Waals surface area contributed by atoms with Gasteiger partial charge >= 0.3 is 0 Å². The second kappa shape index (κ2) is 7.29. The monoisotopic (exact) mass is 284 g/mol. The van der Waals surface area contributed by atoms with Gasteiger partial charge < -0.3 is 14.6 Å². The Morgan fingerprint density at radius 1 is 1.31 bits per heavy atom. The first-order chi connectivity index (χ1) is 7.72. The zero-order valence-electron chi connectivity index (χ0n) is 8.73. The van der Waals surface area contributed by atoms with E-state index in [4.69, 9.17) is 15.9 Å². The second-order valence-corrected chi connectivity index (χ2v) is 4.05. The smallest absolute Gasteiger partial charge is 0.119 e. The van der Waals surface area contributed by atoms with Gasteiger partial charge in [0, 0.05) is 4.47 Å². The number of aliphatic hydroxyl groups is 1. The molecule has 0 radical (unpaired) electrons. The van der Waals surface area contributed by atoms with Crippen LogP contribution in [-0.4, -0.2) is 31.0 Å². The predicted octanol–water partition coefficient (Wildman–Crippen LogP) is 1.84. The summed E-state index contributed by atoms with van der Waals surface area (Å²) in [5, 5.41) is 9.46. The first-order valence-electron chi connectivity index (χ1n) is 4.80. The molecule has 0 aliphatic heterocycles. The molecular formula is C12H13BrO3. The van der Waals surface area contributed by atoms with E-state index in [1.54, 1.807) is 0 Å². The molecule has 0 unspecified atom stereocenters. The number of aliphatic hydroxyl groups excluding tert-OH is 1. The van der Waals surface area contributed by atoms with Gasteiger partial charge in [-0.15, -0.1) is 6.42 Å². The quantitative estimate of drug-likeness (QED) is 0.640. The highest BCUT2D eigenvalue weighted by atomic mass is 79.9. The molecule has 0 saturated carbocycles. The number of benzene rings is 1. The Hall–Kier alpha value is -1.02. The summed E-state index contributed by atoms with van der Waals surface area (Å²) in [4.78, 5) is 0. The number of rotatable bonds is 6. The van der Waals surface area contributed by atoms with Gasteiger partial charge in [0.05, 0.1) is 6.61 Å². The van der Waals surface area contributed by atoms with Crippen molar-refractivity contribution in [3.8, 4) is 18.1 Å². The molecule has 1 atom stereocenters. The summed E-state index contributed by atoms with van der Waals surface area (Å²) in [6.45, 7) is 0.572. The number of terminal acetylenes is 1. The van der Waals surface area contributed by atoms with E-state index in [2.05, 4.69) is 21.9 Å². The number of hydrogen-bond acceptors (Lipinski definition) is 3. The lowest BCUT2D eigenvalue weighted by atomic mass is 10.3. The zero-order chi connectivity index (χ0) is 11.8. The molecule has 16 heavy (non-hydrogen) atoms. The van der Waals surface area contributed by atoms with Crippen LogP contribution in [-0.2, 0) is 4.74 Å². The van der Waals surface area contributed by atoms with Gasteiger partial charge in [0.25, 0.3) is 0 Å². The minimum Gasteiger partial charge on any atom is -0.491 e. The Labute approximate surface area is 104 Å². The Kier molecular flexibility index (Phi) is 5.94. The summed E-state index contributed by atoms with van der Waals surface area (Å²) in [7, 11) is 0. The van der Waals surface area contributed by atoms with Crippen LogP contribution in [0.4, 0.5) is 0 Å². The van der Waals surface area contributed by atoms with E-state index in [0.717, 1.165) is 4.47 Å². The van der Waals surface area contributed by atoms with Gasteiger partial charge in [-0.05, 0) is 24.3 Å². The van der Waals surface area contributed by atoms with E-state index < -0.39 is 6.10 Å². The predicted molar refractivity (Wildman–Crippen MR) is 65.3 cm³/mol. The van der Waals surface area contributed by atoms with E-state index in [9.17, 15) is 5.11 Å². The van der Waals surface area contributed by atoms with Crippen molar-refractivity contribution in [1.82, 2.24) is 0 Å². The summed E-state index contributed by atoms with van der Waals surface area (Å²) in [5.41, 5.74) is 0. The Bertz CT molecular complexity index is 342. The van der Waals surface area contributed by atoms with Crippen LogP contribution in [0.3, 0.4) is 0 Å². The van der Waals surface area contributed by atoms with Crippen molar-refractivity contribution in [1.29, 1.82) is 0 Å². The fourth-order valence-electron chi connectivity index (χ4n) is 1.03. The molecule has 86 valence electrons. The summed E-state index contributed by atoms with van der Waals surface area (Å²) < 4.78 is 11.3. The van der Waals surface area contributed by atoms with Crippen LogP contribution >= 0.6 is 15.9 Å². The molecule has 3 nitrogen and oxygen atoms in total. The highest BCUT2D eigenvalue weighted by Gasteiger charge is 2.04. The molecule has 0 fully saturated rings.